The minimum Gasteiger partial charge on any atom is -0.440 e. The smallest absolute Gasteiger partial charge is 0.440 e. The van der Waals surface area contributed by atoms with E-state index in [9.17, 15) is 4.79 Å². The summed E-state index contributed by atoms with van der Waals surface area (Å²) in [4.78, 5) is 17.0. The van der Waals surface area contributed by atoms with E-state index < -0.39 is 18.3 Å². The van der Waals surface area contributed by atoms with Crippen LogP contribution in [0.15, 0.2) is 16.5 Å². The molecule has 31 heavy (non-hydrogen) atoms. The van der Waals surface area contributed by atoms with Gasteiger partial charge in [0.25, 0.3) is 5.91 Å². The van der Waals surface area contributed by atoms with E-state index in [1.807, 2.05) is 58.8 Å². The highest BCUT2D eigenvalue weighted by Gasteiger charge is 2.52. The van der Waals surface area contributed by atoms with Crippen LogP contribution in [0, 0.1) is 0 Å². The van der Waals surface area contributed by atoms with Gasteiger partial charge in [0.15, 0.2) is 0 Å². The number of ether oxygens (including phenoxy) is 1. The number of carbonyl (C=O) groups is 1. The van der Waals surface area contributed by atoms with Gasteiger partial charge in [0, 0.05) is 56.8 Å². The topological polar surface area (TPSA) is 76.4 Å². The molecule has 0 atom stereocenters. The Balaban J connectivity index is 1.89. The molecular formula is C22H32BN3O5. The highest BCUT2D eigenvalue weighted by molar-refractivity contribution is 6.64. The Labute approximate surface area is 183 Å². The zero-order valence-electron chi connectivity index (χ0n) is 19.5. The minimum atomic E-state index is -0.550. The van der Waals surface area contributed by atoms with Gasteiger partial charge in [-0.1, -0.05) is 0 Å². The number of nitrogens with one attached hydrogen (secondary N) is 1. The van der Waals surface area contributed by atoms with Crippen LogP contribution in [0.3, 0.4) is 0 Å². The summed E-state index contributed by atoms with van der Waals surface area (Å²) in [6.45, 7) is 10.7. The summed E-state index contributed by atoms with van der Waals surface area (Å²) >= 11 is 0. The molecule has 2 aliphatic rings. The predicted molar refractivity (Wildman–Crippen MR) is 123 cm³/mol. The molecule has 2 aliphatic heterocycles. The number of morpholine rings is 1. The molecule has 0 saturated carbocycles. The lowest BCUT2D eigenvalue weighted by Crippen LogP contribution is -2.41. The summed E-state index contributed by atoms with van der Waals surface area (Å²) in [7, 11) is 5.03. The van der Waals surface area contributed by atoms with Crippen molar-refractivity contribution in [3.8, 4) is 0 Å². The first kappa shape index (κ1) is 22.0. The van der Waals surface area contributed by atoms with Gasteiger partial charge in [-0.2, -0.15) is 0 Å². The van der Waals surface area contributed by atoms with Crippen molar-refractivity contribution in [1.29, 1.82) is 0 Å². The molecule has 3 heterocycles. The first-order valence-corrected chi connectivity index (χ1v) is 10.7. The van der Waals surface area contributed by atoms with Crippen LogP contribution in [0.4, 0.5) is 11.6 Å². The zero-order chi connectivity index (χ0) is 22.6. The second-order valence-electron chi connectivity index (χ2n) is 9.35. The Hall–Kier alpha value is -2.23. The van der Waals surface area contributed by atoms with Gasteiger partial charge in [-0.05, 0) is 33.8 Å². The average molecular weight is 429 g/mol. The van der Waals surface area contributed by atoms with Crippen LogP contribution < -0.4 is 20.6 Å². The van der Waals surface area contributed by atoms with Crippen LogP contribution >= 0.6 is 0 Å². The molecule has 1 aromatic heterocycles. The molecule has 168 valence electrons. The van der Waals surface area contributed by atoms with Crippen LogP contribution in [-0.4, -0.2) is 71.7 Å². The van der Waals surface area contributed by atoms with E-state index in [4.69, 9.17) is 18.5 Å². The lowest BCUT2D eigenvalue weighted by atomic mass is 9.76. The standard InChI is InChI=1S/C22H32BN3O5/c1-21(2)22(3,4)31-23(30-21)15-12-14-17(13-16(15)25(6)7)29-20(18(14)19(27)24-5)26-8-10-28-11-9-26/h12-13H,8-11H2,1-7H3,(H,24,27). The fourth-order valence-electron chi connectivity index (χ4n) is 4.02. The first-order chi connectivity index (χ1) is 14.6. The average Bonchev–Trinajstić information content (AvgIpc) is 3.20. The number of anilines is 2. The summed E-state index contributed by atoms with van der Waals surface area (Å²) in [5, 5.41) is 3.51. The summed E-state index contributed by atoms with van der Waals surface area (Å²) < 4.78 is 24.4. The zero-order valence-corrected chi connectivity index (χ0v) is 19.5. The Morgan fingerprint density at radius 2 is 1.71 bits per heavy atom. The van der Waals surface area contributed by atoms with Crippen LogP contribution in [0.25, 0.3) is 11.0 Å². The number of fused-ring (bicyclic) bond motifs is 1. The van der Waals surface area contributed by atoms with Gasteiger partial charge < -0.3 is 33.6 Å². The third-order valence-electron chi connectivity index (χ3n) is 6.56. The lowest BCUT2D eigenvalue weighted by molar-refractivity contribution is 0.00578. The fourth-order valence-corrected chi connectivity index (χ4v) is 4.02. The molecular weight excluding hydrogens is 397 g/mol. The molecule has 9 heteroatoms. The van der Waals surface area contributed by atoms with Crippen molar-refractivity contribution in [2.45, 2.75) is 38.9 Å². The third kappa shape index (κ3) is 3.68. The van der Waals surface area contributed by atoms with Crippen molar-refractivity contribution in [3.63, 3.8) is 0 Å². The monoisotopic (exact) mass is 429 g/mol. The van der Waals surface area contributed by atoms with Crippen LogP contribution in [0.1, 0.15) is 38.1 Å². The molecule has 0 aliphatic carbocycles. The number of nitrogens with zero attached hydrogens (tertiary/aromatic N) is 2. The number of amides is 1. The summed E-state index contributed by atoms with van der Waals surface area (Å²) in [6, 6.07) is 3.94. The Bertz CT molecular complexity index is 979. The molecule has 2 fully saturated rings. The maximum Gasteiger partial charge on any atom is 0.496 e. The van der Waals surface area contributed by atoms with Gasteiger partial charge in [0.2, 0.25) is 5.88 Å². The summed E-state index contributed by atoms with van der Waals surface area (Å²) in [6.07, 6.45) is 0. The van der Waals surface area contributed by atoms with Crippen LogP contribution in [0.2, 0.25) is 0 Å². The van der Waals surface area contributed by atoms with Crippen molar-refractivity contribution in [2.75, 3.05) is 57.2 Å². The van der Waals surface area contributed by atoms with Gasteiger partial charge >= 0.3 is 7.12 Å². The van der Waals surface area contributed by atoms with Crippen molar-refractivity contribution in [2.24, 2.45) is 0 Å². The first-order valence-electron chi connectivity index (χ1n) is 10.7. The van der Waals surface area contributed by atoms with Crippen molar-refractivity contribution >= 4 is 41.0 Å². The SMILES string of the molecule is CNC(=O)c1c(N2CCOCC2)oc2cc(N(C)C)c(B3OC(C)(C)C(C)(C)O3)cc12. The molecule has 0 unspecified atom stereocenters. The molecule has 0 bridgehead atoms. The Morgan fingerprint density at radius 1 is 1.10 bits per heavy atom. The van der Waals surface area contributed by atoms with E-state index in [2.05, 4.69) is 10.2 Å². The van der Waals surface area contributed by atoms with Crippen LogP contribution in [-0.2, 0) is 14.0 Å². The normalized spacial score (nSPS) is 20.4. The van der Waals surface area contributed by atoms with Gasteiger partial charge in [-0.25, -0.2) is 0 Å². The third-order valence-corrected chi connectivity index (χ3v) is 6.56. The largest absolute Gasteiger partial charge is 0.496 e. The number of benzene rings is 1. The van der Waals surface area contributed by atoms with Gasteiger partial charge in [0.1, 0.15) is 11.1 Å². The molecule has 0 spiro atoms. The lowest BCUT2D eigenvalue weighted by Gasteiger charge is -2.32. The number of hydrogen-bond donors (Lipinski definition) is 1. The predicted octanol–water partition coefficient (Wildman–Crippen LogP) is 1.99. The quantitative estimate of drug-likeness (QED) is 0.745. The maximum absolute atomic E-state index is 12.9. The van der Waals surface area contributed by atoms with Gasteiger partial charge in [-0.3, -0.25) is 4.79 Å². The highest BCUT2D eigenvalue weighted by atomic mass is 16.7. The second kappa shape index (κ2) is 7.72. The van der Waals surface area contributed by atoms with Gasteiger partial charge in [0.05, 0.1) is 24.4 Å². The van der Waals surface area contributed by atoms with Crippen molar-refractivity contribution < 1.29 is 23.3 Å². The molecule has 1 N–H and O–H groups in total. The number of carbonyl (C=O) groups excluding carboxylic acids is 1. The maximum atomic E-state index is 12.9. The molecule has 1 amide bonds. The molecule has 0 radical (unpaired) electrons. The van der Waals surface area contributed by atoms with E-state index in [1.54, 1.807) is 7.05 Å². The number of furan rings is 1. The fraction of sp³-hybridized carbons (Fsp3) is 0.591. The summed E-state index contributed by atoms with van der Waals surface area (Å²) in [5.74, 6) is 0.395. The van der Waals surface area contributed by atoms with Crippen LogP contribution in [0.5, 0.6) is 0 Å². The minimum absolute atomic E-state index is 0.183. The number of hydrogen-bond acceptors (Lipinski definition) is 7. The number of rotatable bonds is 4. The van der Waals surface area contributed by atoms with E-state index in [0.717, 1.165) is 16.5 Å². The van der Waals surface area contributed by atoms with E-state index in [0.29, 0.717) is 43.3 Å². The van der Waals surface area contributed by atoms with Crippen molar-refractivity contribution in [3.05, 3.63) is 17.7 Å². The molecule has 2 saturated heterocycles. The molecule has 1 aromatic carbocycles. The van der Waals surface area contributed by atoms with Crippen molar-refractivity contribution in [1.82, 2.24) is 5.32 Å². The van der Waals surface area contributed by atoms with Gasteiger partial charge in [-0.15, -0.1) is 0 Å². The molecule has 8 nitrogen and oxygen atoms in total. The highest BCUT2D eigenvalue weighted by Crippen LogP contribution is 2.39. The summed E-state index contributed by atoms with van der Waals surface area (Å²) in [5.41, 5.74) is 2.06. The molecule has 2 aromatic rings. The second-order valence-corrected chi connectivity index (χ2v) is 9.35. The Kier molecular flexibility index (Phi) is 5.48. The molecule has 4 rings (SSSR count). The van der Waals surface area contributed by atoms with E-state index in [1.165, 1.54) is 0 Å². The Morgan fingerprint density at radius 3 is 2.26 bits per heavy atom. The van der Waals surface area contributed by atoms with E-state index in [-0.39, 0.29) is 5.91 Å². The van der Waals surface area contributed by atoms with E-state index >= 15 is 0 Å².